The SMILES string of the molecule is C=C(CCNC)c1ccc(Cl)cc1. The minimum absolute atomic E-state index is 0.769. The second-order valence-corrected chi connectivity index (χ2v) is 3.40. The molecule has 0 spiro atoms. The van der Waals surface area contributed by atoms with Gasteiger partial charge in [-0.3, -0.25) is 0 Å². The zero-order valence-corrected chi connectivity index (χ0v) is 8.56. The Hall–Kier alpha value is -0.790. The molecule has 0 bridgehead atoms. The molecule has 0 aliphatic carbocycles. The van der Waals surface area contributed by atoms with Gasteiger partial charge in [-0.05, 0) is 43.3 Å². The quantitative estimate of drug-likeness (QED) is 0.779. The highest BCUT2D eigenvalue weighted by Gasteiger charge is 1.97. The van der Waals surface area contributed by atoms with Crippen molar-refractivity contribution >= 4 is 17.2 Å². The second-order valence-electron chi connectivity index (χ2n) is 2.96. The fraction of sp³-hybridized carbons (Fsp3) is 0.273. The van der Waals surface area contributed by atoms with Gasteiger partial charge in [0.05, 0.1) is 0 Å². The Morgan fingerprint density at radius 3 is 2.54 bits per heavy atom. The van der Waals surface area contributed by atoms with Gasteiger partial charge in [-0.15, -0.1) is 0 Å². The number of hydrogen-bond acceptors (Lipinski definition) is 1. The molecule has 1 nitrogen and oxygen atoms in total. The predicted octanol–water partition coefficient (Wildman–Crippen LogP) is 2.96. The zero-order chi connectivity index (χ0) is 9.68. The van der Waals surface area contributed by atoms with Crippen LogP contribution in [0.15, 0.2) is 30.8 Å². The topological polar surface area (TPSA) is 12.0 Å². The normalized spacial score (nSPS) is 10.0. The lowest BCUT2D eigenvalue weighted by atomic mass is 10.1. The predicted molar refractivity (Wildman–Crippen MR) is 59.0 cm³/mol. The van der Waals surface area contributed by atoms with E-state index in [9.17, 15) is 0 Å². The first-order valence-corrected chi connectivity index (χ1v) is 4.70. The highest BCUT2D eigenvalue weighted by molar-refractivity contribution is 6.30. The van der Waals surface area contributed by atoms with E-state index in [0.29, 0.717) is 0 Å². The molecule has 0 unspecified atom stereocenters. The summed E-state index contributed by atoms with van der Waals surface area (Å²) >= 11 is 5.78. The maximum absolute atomic E-state index is 5.78. The van der Waals surface area contributed by atoms with E-state index in [4.69, 9.17) is 11.6 Å². The molecule has 0 radical (unpaired) electrons. The lowest BCUT2D eigenvalue weighted by Gasteiger charge is -2.04. The van der Waals surface area contributed by atoms with Crippen LogP contribution in [0.25, 0.3) is 5.57 Å². The fourth-order valence-corrected chi connectivity index (χ4v) is 1.23. The molecule has 0 amide bonds. The van der Waals surface area contributed by atoms with E-state index < -0.39 is 0 Å². The zero-order valence-electron chi connectivity index (χ0n) is 7.81. The maximum atomic E-state index is 5.78. The van der Waals surface area contributed by atoms with Crippen molar-refractivity contribution in [3.8, 4) is 0 Å². The van der Waals surface area contributed by atoms with Crippen LogP contribution < -0.4 is 5.32 Å². The van der Waals surface area contributed by atoms with Crippen molar-refractivity contribution in [2.45, 2.75) is 6.42 Å². The highest BCUT2D eigenvalue weighted by Crippen LogP contribution is 2.17. The molecule has 1 aromatic rings. The van der Waals surface area contributed by atoms with E-state index in [1.165, 1.54) is 5.56 Å². The van der Waals surface area contributed by atoms with Gasteiger partial charge >= 0.3 is 0 Å². The van der Waals surface area contributed by atoms with Crippen molar-refractivity contribution in [2.75, 3.05) is 13.6 Å². The minimum Gasteiger partial charge on any atom is -0.319 e. The summed E-state index contributed by atoms with van der Waals surface area (Å²) in [7, 11) is 1.94. The molecule has 0 heterocycles. The monoisotopic (exact) mass is 195 g/mol. The second kappa shape index (κ2) is 5.05. The highest BCUT2D eigenvalue weighted by atomic mass is 35.5. The first-order valence-electron chi connectivity index (χ1n) is 4.32. The third-order valence-electron chi connectivity index (χ3n) is 1.93. The summed E-state index contributed by atoms with van der Waals surface area (Å²) in [6, 6.07) is 7.78. The Labute approximate surface area is 84.4 Å². The van der Waals surface area contributed by atoms with Crippen molar-refractivity contribution < 1.29 is 0 Å². The van der Waals surface area contributed by atoms with Crippen molar-refractivity contribution in [3.05, 3.63) is 41.4 Å². The Morgan fingerprint density at radius 2 is 2.00 bits per heavy atom. The number of hydrogen-bond donors (Lipinski definition) is 1. The van der Waals surface area contributed by atoms with Crippen LogP contribution in [0.3, 0.4) is 0 Å². The molecule has 13 heavy (non-hydrogen) atoms. The molecule has 0 saturated heterocycles. The Balaban J connectivity index is 2.61. The number of rotatable bonds is 4. The molecule has 1 rings (SSSR count). The Morgan fingerprint density at radius 1 is 1.38 bits per heavy atom. The van der Waals surface area contributed by atoms with Gasteiger partial charge in [0.25, 0.3) is 0 Å². The van der Waals surface area contributed by atoms with Gasteiger partial charge < -0.3 is 5.32 Å². The van der Waals surface area contributed by atoms with Crippen LogP contribution in [-0.4, -0.2) is 13.6 Å². The van der Waals surface area contributed by atoms with Gasteiger partial charge in [-0.2, -0.15) is 0 Å². The minimum atomic E-state index is 0.769. The van der Waals surface area contributed by atoms with Crippen LogP contribution in [0.2, 0.25) is 5.02 Å². The fourth-order valence-electron chi connectivity index (χ4n) is 1.11. The molecular weight excluding hydrogens is 182 g/mol. The molecule has 1 N–H and O–H groups in total. The number of benzene rings is 1. The molecule has 0 aliphatic heterocycles. The van der Waals surface area contributed by atoms with E-state index >= 15 is 0 Å². The molecule has 0 aromatic heterocycles. The first-order chi connectivity index (χ1) is 6.24. The molecule has 1 aromatic carbocycles. The van der Waals surface area contributed by atoms with Crippen molar-refractivity contribution in [1.82, 2.24) is 5.32 Å². The summed E-state index contributed by atoms with van der Waals surface area (Å²) < 4.78 is 0. The average Bonchev–Trinajstić information content (AvgIpc) is 2.15. The standard InChI is InChI=1S/C11H14ClN/c1-9(7-8-13-2)10-3-5-11(12)6-4-10/h3-6,13H,1,7-8H2,2H3. The van der Waals surface area contributed by atoms with Crippen LogP contribution in [0.4, 0.5) is 0 Å². The lowest BCUT2D eigenvalue weighted by molar-refractivity contribution is 0.816. The van der Waals surface area contributed by atoms with E-state index in [1.807, 2.05) is 31.3 Å². The van der Waals surface area contributed by atoms with Gasteiger partial charge in [-0.25, -0.2) is 0 Å². The molecular formula is C11H14ClN. The van der Waals surface area contributed by atoms with Gasteiger partial charge in [0.15, 0.2) is 0 Å². The summed E-state index contributed by atoms with van der Waals surface area (Å²) in [4.78, 5) is 0. The maximum Gasteiger partial charge on any atom is 0.0406 e. The van der Waals surface area contributed by atoms with E-state index in [1.54, 1.807) is 0 Å². The average molecular weight is 196 g/mol. The first kappa shape index (κ1) is 10.3. The van der Waals surface area contributed by atoms with Gasteiger partial charge in [-0.1, -0.05) is 30.3 Å². The van der Waals surface area contributed by atoms with E-state index in [0.717, 1.165) is 23.6 Å². The summed E-state index contributed by atoms with van der Waals surface area (Å²) in [6.45, 7) is 4.97. The molecule has 0 saturated carbocycles. The van der Waals surface area contributed by atoms with Crippen molar-refractivity contribution in [2.24, 2.45) is 0 Å². The van der Waals surface area contributed by atoms with Gasteiger partial charge in [0.1, 0.15) is 0 Å². The third kappa shape index (κ3) is 3.21. The Bertz CT molecular complexity index is 277. The van der Waals surface area contributed by atoms with Crippen LogP contribution >= 0.6 is 11.6 Å². The molecule has 70 valence electrons. The molecule has 0 fully saturated rings. The Kier molecular flexibility index (Phi) is 4.00. The summed E-state index contributed by atoms with van der Waals surface area (Å²) in [5.41, 5.74) is 2.31. The third-order valence-corrected chi connectivity index (χ3v) is 2.18. The summed E-state index contributed by atoms with van der Waals surface area (Å²) in [5.74, 6) is 0. The molecule has 0 atom stereocenters. The smallest absolute Gasteiger partial charge is 0.0406 e. The van der Waals surface area contributed by atoms with Gasteiger partial charge in [0.2, 0.25) is 0 Å². The van der Waals surface area contributed by atoms with Gasteiger partial charge in [0, 0.05) is 5.02 Å². The van der Waals surface area contributed by atoms with Crippen molar-refractivity contribution in [1.29, 1.82) is 0 Å². The van der Waals surface area contributed by atoms with Crippen LogP contribution in [0.5, 0.6) is 0 Å². The van der Waals surface area contributed by atoms with Crippen molar-refractivity contribution in [3.63, 3.8) is 0 Å². The number of halogens is 1. The molecule has 0 aliphatic rings. The molecule has 2 heteroatoms. The van der Waals surface area contributed by atoms with E-state index in [-0.39, 0.29) is 0 Å². The largest absolute Gasteiger partial charge is 0.319 e. The van der Waals surface area contributed by atoms with Crippen LogP contribution in [0, 0.1) is 0 Å². The van der Waals surface area contributed by atoms with Crippen LogP contribution in [-0.2, 0) is 0 Å². The summed E-state index contributed by atoms with van der Waals surface area (Å²) in [6.07, 6.45) is 0.970. The summed E-state index contributed by atoms with van der Waals surface area (Å²) in [5, 5.41) is 3.86. The lowest BCUT2D eigenvalue weighted by Crippen LogP contribution is -2.07. The van der Waals surface area contributed by atoms with Crippen LogP contribution in [0.1, 0.15) is 12.0 Å². The number of nitrogens with one attached hydrogen (secondary N) is 1. The van der Waals surface area contributed by atoms with E-state index in [2.05, 4.69) is 11.9 Å².